The van der Waals surface area contributed by atoms with Gasteiger partial charge in [0.2, 0.25) is 10.0 Å². The quantitative estimate of drug-likeness (QED) is 0.422. The lowest BCUT2D eigenvalue weighted by Crippen LogP contribution is -2.41. The molecule has 2 aromatic carbocycles. The first-order chi connectivity index (χ1) is 16.1. The minimum absolute atomic E-state index is 0.0564. The van der Waals surface area contributed by atoms with E-state index in [0.717, 1.165) is 27.4 Å². The van der Waals surface area contributed by atoms with Crippen molar-refractivity contribution in [1.82, 2.24) is 4.31 Å². The number of carbonyl (C=O) groups excluding carboxylic acids is 1. The molecule has 1 aliphatic rings. The zero-order valence-corrected chi connectivity index (χ0v) is 20.1. The third-order valence-corrected chi connectivity index (χ3v) is 8.13. The van der Waals surface area contributed by atoms with Gasteiger partial charge < -0.3 is 14.3 Å². The maximum absolute atomic E-state index is 13.3. The van der Waals surface area contributed by atoms with Crippen molar-refractivity contribution < 1.29 is 27.5 Å². The number of aliphatic hydroxyl groups is 1. The number of sulfonamides is 1. The fraction of sp³-hybridized carbons (Fsp3) is 0.360. The summed E-state index contributed by atoms with van der Waals surface area (Å²) in [5, 5.41) is 10.8. The van der Waals surface area contributed by atoms with Crippen molar-refractivity contribution in [2.75, 3.05) is 6.54 Å². The predicted molar refractivity (Wildman–Crippen MR) is 126 cm³/mol. The second-order valence-corrected chi connectivity index (χ2v) is 10.5. The van der Waals surface area contributed by atoms with Crippen LogP contribution in [0.15, 0.2) is 56.6 Å². The second-order valence-electron chi connectivity index (χ2n) is 8.61. The highest BCUT2D eigenvalue weighted by Crippen LogP contribution is 2.29. The van der Waals surface area contributed by atoms with Gasteiger partial charge in [-0.25, -0.2) is 13.2 Å². The lowest BCUT2D eigenvalue weighted by molar-refractivity contribution is -0.148. The first-order valence-electron chi connectivity index (χ1n) is 11.1. The van der Waals surface area contributed by atoms with Gasteiger partial charge in [0.25, 0.3) is 0 Å². The number of aryl methyl sites for hydroxylation is 3. The molecule has 2 unspecified atom stereocenters. The van der Waals surface area contributed by atoms with Gasteiger partial charge >= 0.3 is 11.6 Å². The normalized spacial score (nSPS) is 18.9. The van der Waals surface area contributed by atoms with Gasteiger partial charge in [0.05, 0.1) is 11.0 Å². The maximum atomic E-state index is 13.3. The number of β-amino-alcohol motifs (C(OH)–C–C–N with tert-alkyl or cyclic N) is 1. The zero-order valence-electron chi connectivity index (χ0n) is 19.3. The van der Waals surface area contributed by atoms with E-state index < -0.39 is 33.8 Å². The first kappa shape index (κ1) is 24.1. The predicted octanol–water partition coefficient (Wildman–Crippen LogP) is 2.84. The van der Waals surface area contributed by atoms with E-state index in [4.69, 9.17) is 9.15 Å². The summed E-state index contributed by atoms with van der Waals surface area (Å²) < 4.78 is 38.3. The molecule has 0 saturated carbocycles. The lowest BCUT2D eigenvalue weighted by atomic mass is 10.1. The summed E-state index contributed by atoms with van der Waals surface area (Å²) in [4.78, 5) is 25.0. The monoisotopic (exact) mass is 485 g/mol. The molecule has 8 nitrogen and oxygen atoms in total. The lowest BCUT2D eigenvalue weighted by Gasteiger charge is -2.23. The molecule has 34 heavy (non-hydrogen) atoms. The molecular formula is C25H27NO7S. The van der Waals surface area contributed by atoms with Crippen LogP contribution < -0.4 is 5.63 Å². The van der Waals surface area contributed by atoms with E-state index in [-0.39, 0.29) is 24.5 Å². The second kappa shape index (κ2) is 9.32. The fourth-order valence-corrected chi connectivity index (χ4v) is 5.84. The summed E-state index contributed by atoms with van der Waals surface area (Å²) in [6.07, 6.45) is -0.287. The van der Waals surface area contributed by atoms with Crippen LogP contribution in [-0.2, 0) is 32.6 Å². The molecule has 0 spiro atoms. The van der Waals surface area contributed by atoms with Crippen molar-refractivity contribution in [2.24, 2.45) is 0 Å². The number of hydrogen-bond donors (Lipinski definition) is 1. The van der Waals surface area contributed by atoms with Gasteiger partial charge in [0, 0.05) is 30.0 Å². The van der Waals surface area contributed by atoms with E-state index in [9.17, 15) is 23.1 Å². The van der Waals surface area contributed by atoms with Crippen LogP contribution in [-0.4, -0.2) is 42.5 Å². The van der Waals surface area contributed by atoms with Crippen LogP contribution in [0.1, 0.15) is 35.6 Å². The minimum Gasteiger partial charge on any atom is -0.460 e. The topological polar surface area (TPSA) is 114 Å². The standard InChI is InChI=1S/C25H27NO7S/c1-4-17-6-8-21-18(11-24(28)33-23(21)10-17)14-32-25(29)22-12-19(27)13-26(22)34(30,31)20-7-5-15(2)16(3)9-20/h5-11,19,22,27H,4,12-14H2,1-3H3. The number of fused-ring (bicyclic) bond motifs is 1. The molecule has 1 aromatic heterocycles. The summed E-state index contributed by atoms with van der Waals surface area (Å²) >= 11 is 0. The summed E-state index contributed by atoms with van der Waals surface area (Å²) in [6.45, 7) is 5.24. The van der Waals surface area contributed by atoms with Crippen LogP contribution in [0.3, 0.4) is 0 Å². The summed E-state index contributed by atoms with van der Waals surface area (Å²) in [7, 11) is -4.03. The van der Waals surface area contributed by atoms with Gasteiger partial charge in [-0.05, 0) is 55.2 Å². The number of nitrogens with zero attached hydrogens (tertiary/aromatic N) is 1. The van der Waals surface area contributed by atoms with Crippen molar-refractivity contribution in [1.29, 1.82) is 0 Å². The third kappa shape index (κ3) is 4.64. The number of aliphatic hydroxyl groups excluding tert-OH is 1. The molecule has 1 N–H and O–H groups in total. The van der Waals surface area contributed by atoms with Crippen molar-refractivity contribution in [3.63, 3.8) is 0 Å². The van der Waals surface area contributed by atoms with Crippen molar-refractivity contribution in [3.05, 3.63) is 75.1 Å². The van der Waals surface area contributed by atoms with Gasteiger partial charge in [-0.3, -0.25) is 4.79 Å². The fourth-order valence-electron chi connectivity index (χ4n) is 4.13. The molecule has 0 bridgehead atoms. The molecule has 4 rings (SSSR count). The average molecular weight is 486 g/mol. The van der Waals surface area contributed by atoms with E-state index >= 15 is 0 Å². The molecule has 0 aliphatic carbocycles. The van der Waals surface area contributed by atoms with Gasteiger partial charge in [-0.2, -0.15) is 4.31 Å². The average Bonchev–Trinajstić information content (AvgIpc) is 3.21. The minimum atomic E-state index is -4.03. The Labute approximate surface area is 197 Å². The Kier molecular flexibility index (Phi) is 6.62. The molecule has 2 atom stereocenters. The van der Waals surface area contributed by atoms with Crippen LogP contribution in [0, 0.1) is 13.8 Å². The van der Waals surface area contributed by atoms with E-state index in [1.807, 2.05) is 26.8 Å². The van der Waals surface area contributed by atoms with Crippen molar-refractivity contribution in [3.8, 4) is 0 Å². The first-order valence-corrected chi connectivity index (χ1v) is 12.5. The zero-order chi connectivity index (χ0) is 24.6. The molecule has 0 radical (unpaired) electrons. The highest BCUT2D eigenvalue weighted by molar-refractivity contribution is 7.89. The summed E-state index contributed by atoms with van der Waals surface area (Å²) in [5.41, 5.74) is 3.04. The Morgan fingerprint density at radius 1 is 1.15 bits per heavy atom. The smallest absolute Gasteiger partial charge is 0.336 e. The number of benzene rings is 2. The molecule has 1 saturated heterocycles. The summed E-state index contributed by atoms with van der Waals surface area (Å²) in [5.74, 6) is -0.782. The van der Waals surface area contributed by atoms with E-state index in [0.29, 0.717) is 16.5 Å². The molecule has 1 aliphatic heterocycles. The SMILES string of the molecule is CCc1ccc2c(COC(=O)C3CC(O)CN3S(=O)(=O)c3ccc(C)c(C)c3)cc(=O)oc2c1. The number of esters is 1. The van der Waals surface area contributed by atoms with Crippen molar-refractivity contribution >= 4 is 27.0 Å². The van der Waals surface area contributed by atoms with E-state index in [1.54, 1.807) is 24.3 Å². The molecule has 1 fully saturated rings. The molecule has 180 valence electrons. The van der Waals surface area contributed by atoms with Gasteiger partial charge in [-0.15, -0.1) is 0 Å². The molecule has 0 amide bonds. The van der Waals surface area contributed by atoms with Gasteiger partial charge in [-0.1, -0.05) is 25.1 Å². The Balaban J connectivity index is 1.58. The highest BCUT2D eigenvalue weighted by atomic mass is 32.2. The molecule has 3 aromatic rings. The maximum Gasteiger partial charge on any atom is 0.336 e. The van der Waals surface area contributed by atoms with Crippen LogP contribution in [0.25, 0.3) is 11.0 Å². The van der Waals surface area contributed by atoms with Crippen LogP contribution in [0.4, 0.5) is 0 Å². The molecule has 2 heterocycles. The van der Waals surface area contributed by atoms with Crippen LogP contribution >= 0.6 is 0 Å². The molecular weight excluding hydrogens is 458 g/mol. The van der Waals surface area contributed by atoms with Gasteiger partial charge in [0.15, 0.2) is 0 Å². The van der Waals surface area contributed by atoms with E-state index in [2.05, 4.69) is 0 Å². The molecule has 9 heteroatoms. The Morgan fingerprint density at radius 3 is 2.62 bits per heavy atom. The largest absolute Gasteiger partial charge is 0.460 e. The number of hydrogen-bond acceptors (Lipinski definition) is 7. The Morgan fingerprint density at radius 2 is 1.91 bits per heavy atom. The van der Waals surface area contributed by atoms with E-state index in [1.165, 1.54) is 12.1 Å². The highest BCUT2D eigenvalue weighted by Gasteiger charge is 2.44. The number of ether oxygens (including phenoxy) is 1. The van der Waals surface area contributed by atoms with Crippen LogP contribution in [0.2, 0.25) is 0 Å². The Hall–Kier alpha value is -3.01. The third-order valence-electron chi connectivity index (χ3n) is 6.26. The van der Waals surface area contributed by atoms with Crippen LogP contribution in [0.5, 0.6) is 0 Å². The number of rotatable bonds is 6. The van der Waals surface area contributed by atoms with Crippen molar-refractivity contribution in [2.45, 2.75) is 57.3 Å². The van der Waals surface area contributed by atoms with Gasteiger partial charge in [0.1, 0.15) is 18.2 Å². The Bertz CT molecular complexity index is 1410. The number of carbonyl (C=O) groups is 1. The summed E-state index contributed by atoms with van der Waals surface area (Å²) in [6, 6.07) is 10.3.